The number of hydrogen-bond acceptors (Lipinski definition) is 13. The van der Waals surface area contributed by atoms with E-state index in [1.807, 2.05) is 35.2 Å². The number of carbonyl (C=O) groups excluding carboxylic acids is 2. The monoisotopic (exact) mass is 973 g/mol. The number of likely N-dealkylation sites (tertiary alicyclic amines) is 2. The van der Waals surface area contributed by atoms with Crippen LogP contribution in [0.15, 0.2) is 84.9 Å². The van der Waals surface area contributed by atoms with E-state index in [1.54, 1.807) is 35.2 Å². The zero-order valence-corrected chi connectivity index (χ0v) is 37.3. The summed E-state index contributed by atoms with van der Waals surface area (Å²) in [5.41, 5.74) is 2.07. The highest BCUT2D eigenvalue weighted by Gasteiger charge is 2.35. The zero-order chi connectivity index (χ0) is 44.1. The molecule has 4 aliphatic heterocycles. The molecule has 0 aliphatic carbocycles. The third-order valence-electron chi connectivity index (χ3n) is 11.0. The van der Waals surface area contributed by atoms with Gasteiger partial charge in [0.2, 0.25) is 13.6 Å². The van der Waals surface area contributed by atoms with E-state index >= 15 is 0 Å². The van der Waals surface area contributed by atoms with Gasteiger partial charge >= 0.3 is 0 Å². The van der Waals surface area contributed by atoms with Gasteiger partial charge in [0, 0.05) is 67.0 Å². The summed E-state index contributed by atoms with van der Waals surface area (Å²) in [4.78, 5) is 43.3. The highest BCUT2D eigenvalue weighted by Crippen LogP contribution is 2.40. The number of nitrogens with zero attached hydrogens (tertiary/aromatic N) is 3. The normalized spacial score (nSPS) is 19.7. The number of rotatable bonds is 14. The van der Waals surface area contributed by atoms with Crippen molar-refractivity contribution >= 4 is 49.9 Å². The molecule has 0 radical (unpaired) electrons. The molecule has 2 saturated heterocycles. The lowest BCUT2D eigenvalue weighted by Gasteiger charge is -2.38. The topological polar surface area (TPSA) is 148 Å². The van der Waals surface area contributed by atoms with Gasteiger partial charge < -0.3 is 43.1 Å². The Kier molecular flexibility index (Phi) is 16.4. The van der Waals surface area contributed by atoms with Crippen molar-refractivity contribution < 1.29 is 56.7 Å². The molecule has 4 aliphatic rings. The Morgan fingerprint density at radius 1 is 0.683 bits per heavy atom. The van der Waals surface area contributed by atoms with Crippen molar-refractivity contribution in [2.75, 3.05) is 76.4 Å². The Morgan fingerprint density at radius 2 is 1.13 bits per heavy atom. The first-order valence-corrected chi connectivity index (χ1v) is 23.4. The van der Waals surface area contributed by atoms with E-state index in [9.17, 15) is 28.5 Å². The average molecular weight is 975 g/mol. The van der Waals surface area contributed by atoms with Crippen LogP contribution >= 0.6 is 39.5 Å². The molecule has 336 valence electrons. The molecule has 2 amide bonds. The molecule has 4 atom stereocenters. The van der Waals surface area contributed by atoms with Gasteiger partial charge in [-0.2, -0.15) is 0 Å². The van der Waals surface area contributed by atoms with Gasteiger partial charge in [-0.25, -0.2) is 8.78 Å². The molecule has 4 aromatic rings. The molecule has 0 spiro atoms. The van der Waals surface area contributed by atoms with Gasteiger partial charge in [0.05, 0.1) is 13.2 Å². The lowest BCUT2D eigenvalue weighted by atomic mass is 9.81. The Labute approximate surface area is 380 Å². The van der Waals surface area contributed by atoms with E-state index in [2.05, 4.69) is 20.8 Å². The minimum atomic E-state index is -0.872. The number of ether oxygens (including phenoxy) is 6. The third kappa shape index (κ3) is 12.7. The number of carbonyl (C=O) groups is 2. The Bertz CT molecular complexity index is 2180. The Hall–Kier alpha value is -5.14. The second-order valence-corrected chi connectivity index (χ2v) is 17.8. The number of benzene rings is 4. The largest absolute Gasteiger partial charge is 0.493 e. The minimum absolute atomic E-state index is 0.0331. The minimum Gasteiger partial charge on any atom is -0.493 e. The van der Waals surface area contributed by atoms with Crippen LogP contribution in [0.5, 0.6) is 34.5 Å². The van der Waals surface area contributed by atoms with Crippen molar-refractivity contribution in [1.82, 2.24) is 9.80 Å². The highest BCUT2D eigenvalue weighted by atomic mass is 79.9. The lowest BCUT2D eigenvalue weighted by molar-refractivity contribution is -0.756. The highest BCUT2D eigenvalue weighted by molar-refractivity contribution is 9.09. The summed E-state index contributed by atoms with van der Waals surface area (Å²) in [7, 11) is 0. The maximum atomic E-state index is 13.4. The van der Waals surface area contributed by atoms with Crippen molar-refractivity contribution in [1.29, 1.82) is 0 Å². The summed E-state index contributed by atoms with van der Waals surface area (Å²) >= 11 is 5.69. The van der Waals surface area contributed by atoms with Crippen molar-refractivity contribution in [3.8, 4) is 34.5 Å². The molecule has 19 heteroatoms. The molecule has 8 rings (SSSR count). The maximum Gasteiger partial charge on any atom is 0.294 e. The SMILES string of the molecule is O=C(SCCBr)N1CC[C@@H](c2ccc(F)cc2)[C@H](COc2ccc3c(c2)OCO3)C1.O=C(SCCO[N+](=O)[O-])N1CC[C@@H](c2ccc(F)cc2)[C@H](COc2ccc3c(c2)OCO3)C1. The van der Waals surface area contributed by atoms with E-state index in [4.69, 9.17) is 28.4 Å². The van der Waals surface area contributed by atoms with E-state index in [-0.39, 0.29) is 71.7 Å². The molecule has 2 fully saturated rings. The number of halogens is 3. The molecule has 0 unspecified atom stereocenters. The summed E-state index contributed by atoms with van der Waals surface area (Å²) in [5.74, 6) is 4.76. The Morgan fingerprint density at radius 3 is 1.57 bits per heavy atom. The maximum absolute atomic E-state index is 13.4. The summed E-state index contributed by atoms with van der Waals surface area (Å²) in [6.07, 6.45) is 1.51. The Balaban J connectivity index is 0.000000190. The molecule has 4 aromatic carbocycles. The zero-order valence-electron chi connectivity index (χ0n) is 34.1. The van der Waals surface area contributed by atoms with Crippen LogP contribution in [0.25, 0.3) is 0 Å². The van der Waals surface area contributed by atoms with Gasteiger partial charge in [-0.05, 0) is 84.3 Å². The van der Waals surface area contributed by atoms with Crippen LogP contribution in [0.4, 0.5) is 18.4 Å². The first-order chi connectivity index (χ1) is 30.6. The van der Waals surface area contributed by atoms with Gasteiger partial charge in [0.15, 0.2) is 23.0 Å². The number of thioether (sulfide) groups is 2. The summed E-state index contributed by atoms with van der Waals surface area (Å²) < 4.78 is 60.5. The first-order valence-electron chi connectivity index (χ1n) is 20.4. The molecule has 0 bridgehead atoms. The van der Waals surface area contributed by atoms with Crippen LogP contribution in [-0.2, 0) is 4.84 Å². The van der Waals surface area contributed by atoms with Crippen LogP contribution in [0.2, 0.25) is 0 Å². The fourth-order valence-corrected chi connectivity index (χ4v) is 9.69. The second-order valence-electron chi connectivity index (χ2n) is 14.9. The van der Waals surface area contributed by atoms with Gasteiger partial charge in [-0.15, -0.1) is 10.1 Å². The smallest absolute Gasteiger partial charge is 0.294 e. The summed E-state index contributed by atoms with van der Waals surface area (Å²) in [6.45, 7) is 3.34. The molecule has 0 aromatic heterocycles. The van der Waals surface area contributed by atoms with Crippen molar-refractivity contribution in [2.24, 2.45) is 11.8 Å². The van der Waals surface area contributed by atoms with Gasteiger partial charge in [-0.1, -0.05) is 63.7 Å². The predicted molar refractivity (Wildman–Crippen MR) is 236 cm³/mol. The van der Waals surface area contributed by atoms with E-state index in [0.717, 1.165) is 40.4 Å². The van der Waals surface area contributed by atoms with E-state index in [1.165, 1.54) is 36.0 Å². The second kappa shape index (κ2) is 22.5. The van der Waals surface area contributed by atoms with Crippen LogP contribution in [0.1, 0.15) is 35.8 Å². The fourth-order valence-electron chi connectivity index (χ4n) is 7.92. The number of fused-ring (bicyclic) bond motifs is 2. The molecular formula is C44H46BrF2N3O11S2. The molecular weight excluding hydrogens is 929 g/mol. The van der Waals surface area contributed by atoms with Crippen molar-refractivity contribution in [3.05, 3.63) is 118 Å². The van der Waals surface area contributed by atoms with Crippen LogP contribution < -0.4 is 28.4 Å². The van der Waals surface area contributed by atoms with Crippen LogP contribution in [-0.4, -0.2) is 102 Å². The van der Waals surface area contributed by atoms with Crippen molar-refractivity contribution in [2.45, 2.75) is 24.7 Å². The number of amides is 2. The molecule has 0 N–H and O–H groups in total. The molecule has 4 heterocycles. The number of alkyl halides is 1. The predicted octanol–water partition coefficient (Wildman–Crippen LogP) is 9.39. The number of piperidine rings is 2. The molecule has 63 heavy (non-hydrogen) atoms. The van der Waals surface area contributed by atoms with Gasteiger partial charge in [0.1, 0.15) is 29.7 Å². The van der Waals surface area contributed by atoms with Crippen LogP contribution in [0, 0.1) is 33.6 Å². The van der Waals surface area contributed by atoms with E-state index in [0.29, 0.717) is 80.3 Å². The average Bonchev–Trinajstić information content (AvgIpc) is 3.98. The van der Waals surface area contributed by atoms with E-state index < -0.39 is 5.09 Å². The fraction of sp³-hybridized carbons (Fsp3) is 0.409. The van der Waals surface area contributed by atoms with Crippen LogP contribution in [0.3, 0.4) is 0 Å². The summed E-state index contributed by atoms with van der Waals surface area (Å²) in [6, 6.07) is 24.0. The molecule has 14 nitrogen and oxygen atoms in total. The molecule has 0 saturated carbocycles. The first kappa shape index (κ1) is 45.9. The van der Waals surface area contributed by atoms with Gasteiger partial charge in [-0.3, -0.25) is 9.59 Å². The standard InChI is InChI=1S/C22H23BrFNO4S.C22H23FN2O7S/c23-8-10-30-22(26)25-9-7-19(15-1-3-17(24)4-2-15)16(12-25)13-27-18-5-6-20-21(11-18)29-14-28-20;23-17-3-1-15(2-4-17)19-7-8-24(22(26)33-10-9-32-25(27)28)12-16(19)13-29-18-5-6-20-21(11-18)31-14-30-20/h1-6,11,16,19H,7-10,12-14H2;1-6,11,16,19H,7-10,12-14H2/t2*16-,19-/m00/s1. The third-order valence-corrected chi connectivity index (χ3v) is 13.7. The van der Waals surface area contributed by atoms with Crippen molar-refractivity contribution in [3.63, 3.8) is 0 Å². The quantitative estimate of drug-likeness (QED) is 0.0512. The lowest BCUT2D eigenvalue weighted by Crippen LogP contribution is -2.43. The van der Waals surface area contributed by atoms with Gasteiger partial charge in [0.25, 0.3) is 15.6 Å². The number of hydrogen-bond donors (Lipinski definition) is 0. The summed E-state index contributed by atoms with van der Waals surface area (Å²) in [5, 5.41) is 10.1.